The van der Waals surface area contributed by atoms with Gasteiger partial charge in [0.2, 0.25) is 11.8 Å². The molecule has 1 aliphatic heterocycles. The maximum Gasteiger partial charge on any atom is 0.336 e. The van der Waals surface area contributed by atoms with E-state index in [1.165, 1.54) is 22.5 Å². The zero-order valence-electron chi connectivity index (χ0n) is 29.6. The third-order valence-corrected chi connectivity index (χ3v) is 12.8. The van der Waals surface area contributed by atoms with Crippen LogP contribution in [0.5, 0.6) is 5.88 Å². The average Bonchev–Trinajstić information content (AvgIpc) is 3.09. The van der Waals surface area contributed by atoms with Gasteiger partial charge in [-0.05, 0) is 74.1 Å². The highest BCUT2D eigenvalue weighted by atomic mass is 28.3. The van der Waals surface area contributed by atoms with Gasteiger partial charge in [0, 0.05) is 50.1 Å². The quantitative estimate of drug-likeness (QED) is 0.147. The Morgan fingerprint density at radius 3 is 2.29 bits per heavy atom. The minimum atomic E-state index is -2.21. The molecular formula is C39H42N7O4Si+. The summed E-state index contributed by atoms with van der Waals surface area (Å²) in [5, 5.41) is 15.9. The second-order valence-electron chi connectivity index (χ2n) is 13.6. The number of carboxylic acid groups (broad SMARTS) is 1. The Morgan fingerprint density at radius 2 is 1.63 bits per heavy atom. The van der Waals surface area contributed by atoms with Crippen molar-refractivity contribution >= 4 is 53.9 Å². The Labute approximate surface area is 298 Å². The highest BCUT2D eigenvalue weighted by Crippen LogP contribution is 2.43. The Kier molecular flexibility index (Phi) is 9.37. The van der Waals surface area contributed by atoms with E-state index in [1.54, 1.807) is 12.1 Å². The predicted octanol–water partition coefficient (Wildman–Crippen LogP) is 4.39. The summed E-state index contributed by atoms with van der Waals surface area (Å²) in [6, 6.07) is 20.4. The second-order valence-corrected chi connectivity index (χ2v) is 17.9. The molecule has 0 fully saturated rings. The van der Waals surface area contributed by atoms with Gasteiger partial charge in [0.1, 0.15) is 34.6 Å². The van der Waals surface area contributed by atoms with Crippen LogP contribution in [0.15, 0.2) is 95.7 Å². The zero-order chi connectivity index (χ0) is 36.6. The van der Waals surface area contributed by atoms with Crippen molar-refractivity contribution in [2.45, 2.75) is 26.2 Å². The molecular weight excluding hydrogens is 659 g/mol. The first-order valence-electron chi connectivity index (χ1n) is 16.5. The zero-order valence-corrected chi connectivity index (χ0v) is 30.6. The topological polar surface area (TPSA) is 160 Å². The molecule has 3 aromatic carbocycles. The van der Waals surface area contributed by atoms with Crippen molar-refractivity contribution in [1.82, 2.24) is 15.3 Å². The van der Waals surface area contributed by atoms with Gasteiger partial charge < -0.3 is 31.5 Å². The molecule has 4 aromatic rings. The van der Waals surface area contributed by atoms with E-state index in [-0.39, 0.29) is 47.8 Å². The lowest BCUT2D eigenvalue weighted by Crippen LogP contribution is -2.49. The van der Waals surface area contributed by atoms with Crippen LogP contribution in [0.1, 0.15) is 43.0 Å². The number of nitrogen functional groups attached to an aromatic ring is 2. The fourth-order valence-corrected chi connectivity index (χ4v) is 9.55. The predicted molar refractivity (Wildman–Crippen MR) is 204 cm³/mol. The van der Waals surface area contributed by atoms with E-state index in [9.17, 15) is 14.7 Å². The Morgan fingerprint density at radius 1 is 0.922 bits per heavy atom. The monoisotopic (exact) mass is 700 g/mol. The molecule has 0 radical (unpaired) electrons. The van der Waals surface area contributed by atoms with Crippen LogP contribution in [-0.2, 0) is 13.2 Å². The standard InChI is InChI=1S/C39H41N7O4Si/c1-45(2)26-12-15-29-32(18-26)51(5,6)33-19-27(46(3)4)13-16-30(33)36(29)28-14-11-25(17-31(28)38(48)49)37(47)42-21-23-7-9-24(10-8-23)22-50-35-20-34(40)43-39(41)44-35/h7-20H,21-22H2,1-6H3,(H5-,40,41,42,43,44,47,48,49)/p+1. The molecule has 0 bridgehead atoms. The smallest absolute Gasteiger partial charge is 0.336 e. The molecule has 1 aliphatic carbocycles. The number of nitrogens with zero attached hydrogens (tertiary/aromatic N) is 4. The van der Waals surface area contributed by atoms with Crippen LogP contribution in [0.4, 0.5) is 17.5 Å². The highest BCUT2D eigenvalue weighted by Gasteiger charge is 2.41. The van der Waals surface area contributed by atoms with Crippen LogP contribution >= 0.6 is 0 Å². The number of nitrogens with one attached hydrogen (secondary N) is 1. The molecule has 1 amide bonds. The number of hydrogen-bond acceptors (Lipinski definition) is 8. The van der Waals surface area contributed by atoms with Gasteiger partial charge >= 0.3 is 5.97 Å². The van der Waals surface area contributed by atoms with Gasteiger partial charge in [0.25, 0.3) is 5.91 Å². The molecule has 260 valence electrons. The Balaban J connectivity index is 1.28. The number of hydrogen-bond donors (Lipinski definition) is 4. The molecule has 6 rings (SSSR count). The van der Waals surface area contributed by atoms with E-state index in [4.69, 9.17) is 16.2 Å². The fourth-order valence-electron chi connectivity index (χ4n) is 6.48. The largest absolute Gasteiger partial charge is 0.478 e. The molecule has 0 unspecified atom stereocenters. The van der Waals surface area contributed by atoms with Gasteiger partial charge in [-0.15, -0.1) is 0 Å². The first-order chi connectivity index (χ1) is 24.2. The number of ether oxygens (including phenoxy) is 1. The highest BCUT2D eigenvalue weighted by molar-refractivity contribution is 6.98. The third kappa shape index (κ3) is 7.04. The number of carbonyl (C=O) groups is 2. The number of carbonyl (C=O) groups excluding carboxylic acids is 1. The molecule has 2 heterocycles. The summed E-state index contributed by atoms with van der Waals surface area (Å²) in [4.78, 5) is 36.2. The Bertz CT molecular complexity index is 2180. The van der Waals surface area contributed by atoms with Crippen LogP contribution in [0, 0.1) is 0 Å². The number of aromatic nitrogens is 2. The van der Waals surface area contributed by atoms with Crippen LogP contribution < -0.4 is 31.6 Å². The molecule has 0 atom stereocenters. The number of anilines is 3. The fraction of sp³-hybridized carbons (Fsp3) is 0.205. The number of benzene rings is 3. The minimum absolute atomic E-state index is 0.0348. The number of rotatable bonds is 9. The van der Waals surface area contributed by atoms with Gasteiger partial charge in [-0.2, -0.15) is 9.97 Å². The molecule has 0 spiro atoms. The van der Waals surface area contributed by atoms with Gasteiger partial charge in [-0.25, -0.2) is 9.37 Å². The van der Waals surface area contributed by atoms with Crippen LogP contribution in [-0.4, -0.2) is 73.5 Å². The molecule has 6 N–H and O–H groups in total. The first-order valence-corrected chi connectivity index (χ1v) is 19.5. The number of allylic oxidation sites excluding steroid dienone is 5. The van der Waals surface area contributed by atoms with Crippen molar-refractivity contribution in [1.29, 1.82) is 0 Å². The summed E-state index contributed by atoms with van der Waals surface area (Å²) in [5.74, 6) is -0.935. The van der Waals surface area contributed by atoms with Crippen molar-refractivity contribution in [3.05, 3.63) is 129 Å². The van der Waals surface area contributed by atoms with Gasteiger partial charge in [0.15, 0.2) is 5.71 Å². The summed E-state index contributed by atoms with van der Waals surface area (Å²) in [6.07, 6.45) is 6.44. The number of aromatic carboxylic acids is 1. The van der Waals surface area contributed by atoms with E-state index in [2.05, 4.69) is 74.3 Å². The van der Waals surface area contributed by atoms with Crippen LogP contribution in [0.3, 0.4) is 0 Å². The Hall–Kier alpha value is -6.01. The molecule has 2 aliphatic rings. The summed E-state index contributed by atoms with van der Waals surface area (Å²) in [6.45, 7) is 5.19. The first kappa shape index (κ1) is 34.8. The lowest BCUT2D eigenvalue weighted by molar-refractivity contribution is -0.462. The van der Waals surface area contributed by atoms with Crippen molar-refractivity contribution in [3.63, 3.8) is 0 Å². The number of carboxylic acids is 1. The van der Waals surface area contributed by atoms with Crippen LogP contribution in [0.2, 0.25) is 13.1 Å². The maximum absolute atomic E-state index is 13.4. The van der Waals surface area contributed by atoms with Gasteiger partial charge in [0.05, 0.1) is 5.56 Å². The van der Waals surface area contributed by atoms with Crippen molar-refractivity contribution in [3.8, 4) is 5.88 Å². The van der Waals surface area contributed by atoms with E-state index in [1.807, 2.05) is 52.5 Å². The van der Waals surface area contributed by atoms with E-state index < -0.39 is 14.0 Å². The molecule has 12 heteroatoms. The number of amides is 1. The van der Waals surface area contributed by atoms with E-state index in [0.717, 1.165) is 39.2 Å². The molecule has 0 saturated heterocycles. The van der Waals surface area contributed by atoms with Gasteiger partial charge in [-0.3, -0.25) is 4.79 Å². The summed E-state index contributed by atoms with van der Waals surface area (Å²) < 4.78 is 7.77. The number of nitrogens with two attached hydrogens (primary N) is 2. The van der Waals surface area contributed by atoms with Crippen molar-refractivity contribution in [2.75, 3.05) is 44.6 Å². The SMILES string of the molecule is CN(C)c1ccc2c(c1)[Si](C)(C)C1=CC(=[N+](C)C)C=CC1=C2c1ccc(C(=O)NCc2ccc(COc3cc(N)nc(N)n3)cc2)cc1C(=O)O. The number of fused-ring (bicyclic) bond motifs is 2. The minimum Gasteiger partial charge on any atom is -0.478 e. The maximum atomic E-state index is 13.4. The summed E-state index contributed by atoms with van der Waals surface area (Å²) >= 11 is 0. The van der Waals surface area contributed by atoms with Crippen molar-refractivity contribution < 1.29 is 24.0 Å². The summed E-state index contributed by atoms with van der Waals surface area (Å²) in [7, 11) is 5.88. The molecule has 1 aromatic heterocycles. The van der Waals surface area contributed by atoms with Gasteiger partial charge in [-0.1, -0.05) is 49.5 Å². The van der Waals surface area contributed by atoms with E-state index in [0.29, 0.717) is 5.56 Å². The lowest BCUT2D eigenvalue weighted by atomic mass is 9.86. The summed E-state index contributed by atoms with van der Waals surface area (Å²) in [5.41, 5.74) is 19.1. The lowest BCUT2D eigenvalue weighted by Gasteiger charge is -2.38. The van der Waals surface area contributed by atoms with Crippen LogP contribution in [0.25, 0.3) is 5.57 Å². The third-order valence-electron chi connectivity index (χ3n) is 9.31. The average molecular weight is 701 g/mol. The van der Waals surface area contributed by atoms with Crippen molar-refractivity contribution in [2.24, 2.45) is 0 Å². The second kappa shape index (κ2) is 13.7. The molecule has 0 saturated carbocycles. The normalized spacial score (nSPS) is 14.3. The molecule has 51 heavy (non-hydrogen) atoms. The molecule has 11 nitrogen and oxygen atoms in total. The van der Waals surface area contributed by atoms with E-state index >= 15 is 0 Å².